The molecule has 0 amide bonds. The highest BCUT2D eigenvalue weighted by molar-refractivity contribution is 5.89. The second kappa shape index (κ2) is 8.29. The molecule has 0 radical (unpaired) electrons. The number of halogens is 1. The number of nitrogens with zero attached hydrogens (tertiary/aromatic N) is 4. The van der Waals surface area contributed by atoms with Gasteiger partial charge in [-0.25, -0.2) is 14.2 Å². The maximum Gasteiger partial charge on any atom is 0.337 e. The van der Waals surface area contributed by atoms with Crippen LogP contribution in [-0.4, -0.2) is 52.3 Å². The van der Waals surface area contributed by atoms with Crippen molar-refractivity contribution in [2.24, 2.45) is 0 Å². The molecule has 3 heterocycles. The Morgan fingerprint density at radius 1 is 1.17 bits per heavy atom. The molecule has 154 valence electrons. The minimum absolute atomic E-state index is 0.0675. The fourth-order valence-electron chi connectivity index (χ4n) is 3.17. The van der Waals surface area contributed by atoms with Crippen LogP contribution in [0.25, 0.3) is 11.1 Å². The Morgan fingerprint density at radius 3 is 2.70 bits per heavy atom. The molecule has 0 bridgehead atoms. The number of ether oxygens (including phenoxy) is 1. The Balaban J connectivity index is 1.74. The zero-order chi connectivity index (χ0) is 21.1. The summed E-state index contributed by atoms with van der Waals surface area (Å²) in [7, 11) is 0. The molecular formula is C20H19FN6O3. The minimum atomic E-state index is -1.07. The molecule has 30 heavy (non-hydrogen) atoms. The van der Waals surface area contributed by atoms with Gasteiger partial charge >= 0.3 is 5.97 Å². The molecule has 1 fully saturated rings. The molecule has 0 unspecified atom stereocenters. The number of aromatic carboxylic acids is 1. The summed E-state index contributed by atoms with van der Waals surface area (Å²) in [5, 5.41) is 12.2. The lowest BCUT2D eigenvalue weighted by molar-refractivity contribution is 0.0696. The van der Waals surface area contributed by atoms with Crippen LogP contribution in [0.3, 0.4) is 0 Å². The van der Waals surface area contributed by atoms with Crippen molar-refractivity contribution < 1.29 is 19.0 Å². The molecule has 3 aromatic rings. The van der Waals surface area contributed by atoms with Gasteiger partial charge in [-0.2, -0.15) is 4.98 Å². The number of hydrogen-bond acceptors (Lipinski definition) is 8. The summed E-state index contributed by atoms with van der Waals surface area (Å²) in [6.45, 7) is 2.31. The molecule has 1 aliphatic heterocycles. The van der Waals surface area contributed by atoms with E-state index in [0.29, 0.717) is 48.9 Å². The van der Waals surface area contributed by atoms with E-state index >= 15 is 0 Å². The molecule has 0 atom stereocenters. The van der Waals surface area contributed by atoms with E-state index in [1.54, 1.807) is 18.5 Å². The largest absolute Gasteiger partial charge is 0.478 e. The van der Waals surface area contributed by atoms with E-state index in [4.69, 9.17) is 10.5 Å². The molecule has 10 heteroatoms. The summed E-state index contributed by atoms with van der Waals surface area (Å²) in [5.74, 6) is -0.684. The van der Waals surface area contributed by atoms with Crippen LogP contribution in [0.15, 0.2) is 42.9 Å². The molecule has 0 aliphatic carbocycles. The third-order valence-corrected chi connectivity index (χ3v) is 4.55. The zero-order valence-electron chi connectivity index (χ0n) is 15.9. The number of anilines is 4. The summed E-state index contributed by atoms with van der Waals surface area (Å²) in [6.07, 6.45) is 4.44. The number of pyridine rings is 1. The Kier molecular flexibility index (Phi) is 5.40. The van der Waals surface area contributed by atoms with Gasteiger partial charge < -0.3 is 25.8 Å². The molecular weight excluding hydrogens is 391 g/mol. The van der Waals surface area contributed by atoms with Crippen LogP contribution < -0.4 is 16.0 Å². The van der Waals surface area contributed by atoms with E-state index in [1.807, 2.05) is 4.90 Å². The van der Waals surface area contributed by atoms with Crippen molar-refractivity contribution in [1.82, 2.24) is 15.0 Å². The van der Waals surface area contributed by atoms with Crippen molar-refractivity contribution in [3.8, 4) is 11.1 Å². The van der Waals surface area contributed by atoms with Crippen molar-refractivity contribution in [3.63, 3.8) is 0 Å². The van der Waals surface area contributed by atoms with Crippen molar-refractivity contribution >= 4 is 29.1 Å². The van der Waals surface area contributed by atoms with Gasteiger partial charge in [0.15, 0.2) is 0 Å². The highest BCUT2D eigenvalue weighted by Gasteiger charge is 2.20. The first-order valence-corrected chi connectivity index (χ1v) is 9.21. The van der Waals surface area contributed by atoms with Gasteiger partial charge in [-0.15, -0.1) is 0 Å². The number of benzene rings is 1. The molecule has 1 aliphatic rings. The van der Waals surface area contributed by atoms with Gasteiger partial charge in [-0.1, -0.05) is 0 Å². The number of aromatic nitrogens is 3. The van der Waals surface area contributed by atoms with Gasteiger partial charge in [0.05, 0.1) is 18.8 Å². The van der Waals surface area contributed by atoms with Crippen LogP contribution in [0.2, 0.25) is 0 Å². The standard InChI is InChI=1S/C20H19FN6O3/c21-14-6-15(22)8-16(7-14)25-20-24-11-17(12-5-13(19(28)29)10-23-9-12)18(26-20)27-1-3-30-4-2-27/h5-11H,1-4,22H2,(H,28,29)(H,24,25,26). The van der Waals surface area contributed by atoms with E-state index in [1.165, 1.54) is 24.4 Å². The highest BCUT2D eigenvalue weighted by Crippen LogP contribution is 2.31. The summed E-state index contributed by atoms with van der Waals surface area (Å²) in [5.41, 5.74) is 7.68. The van der Waals surface area contributed by atoms with Crippen molar-refractivity contribution in [3.05, 3.63) is 54.2 Å². The van der Waals surface area contributed by atoms with Gasteiger partial charge in [-0.3, -0.25) is 4.98 Å². The Hall–Kier alpha value is -3.79. The van der Waals surface area contributed by atoms with E-state index in [2.05, 4.69) is 20.3 Å². The summed E-state index contributed by atoms with van der Waals surface area (Å²) in [6, 6.07) is 5.62. The number of carboxylic acid groups (broad SMARTS) is 1. The average molecular weight is 410 g/mol. The topological polar surface area (TPSA) is 126 Å². The quantitative estimate of drug-likeness (QED) is 0.544. The van der Waals surface area contributed by atoms with Gasteiger partial charge in [0.25, 0.3) is 0 Å². The number of rotatable bonds is 5. The lowest BCUT2D eigenvalue weighted by Crippen LogP contribution is -2.37. The van der Waals surface area contributed by atoms with Gasteiger partial charge in [0.1, 0.15) is 11.6 Å². The first-order chi connectivity index (χ1) is 14.5. The fourth-order valence-corrected chi connectivity index (χ4v) is 3.17. The fraction of sp³-hybridized carbons (Fsp3) is 0.200. The minimum Gasteiger partial charge on any atom is -0.478 e. The van der Waals surface area contributed by atoms with E-state index in [9.17, 15) is 14.3 Å². The summed E-state index contributed by atoms with van der Waals surface area (Å²) >= 11 is 0. The molecule has 4 N–H and O–H groups in total. The number of nitrogens with one attached hydrogen (secondary N) is 1. The summed E-state index contributed by atoms with van der Waals surface area (Å²) < 4.78 is 19.1. The third-order valence-electron chi connectivity index (χ3n) is 4.55. The third kappa shape index (κ3) is 4.28. The predicted octanol–water partition coefficient (Wildman–Crippen LogP) is 2.54. The number of nitrogens with two attached hydrogens (primary N) is 1. The molecule has 0 spiro atoms. The first kappa shape index (κ1) is 19.5. The van der Waals surface area contributed by atoms with E-state index in [0.717, 1.165) is 0 Å². The molecule has 0 saturated carbocycles. The highest BCUT2D eigenvalue weighted by atomic mass is 19.1. The SMILES string of the molecule is Nc1cc(F)cc(Nc2ncc(-c3cncc(C(=O)O)c3)c(N3CCOCC3)n2)c1. The lowest BCUT2D eigenvalue weighted by Gasteiger charge is -2.29. The van der Waals surface area contributed by atoms with Crippen molar-refractivity contribution in [1.29, 1.82) is 0 Å². The Morgan fingerprint density at radius 2 is 1.97 bits per heavy atom. The number of nitrogen functional groups attached to an aromatic ring is 1. The normalized spacial score (nSPS) is 13.8. The van der Waals surface area contributed by atoms with Crippen molar-refractivity contribution in [2.75, 3.05) is 42.3 Å². The van der Waals surface area contributed by atoms with Crippen LogP contribution in [-0.2, 0) is 4.74 Å². The molecule has 2 aromatic heterocycles. The van der Waals surface area contributed by atoms with Crippen LogP contribution in [0, 0.1) is 5.82 Å². The van der Waals surface area contributed by atoms with Crippen LogP contribution >= 0.6 is 0 Å². The number of carboxylic acids is 1. The molecule has 4 rings (SSSR count). The van der Waals surface area contributed by atoms with Crippen LogP contribution in [0.5, 0.6) is 0 Å². The first-order valence-electron chi connectivity index (χ1n) is 9.21. The van der Waals surface area contributed by atoms with Gasteiger partial charge in [-0.05, 0) is 24.3 Å². The second-order valence-corrected chi connectivity index (χ2v) is 6.70. The van der Waals surface area contributed by atoms with E-state index in [-0.39, 0.29) is 17.2 Å². The van der Waals surface area contributed by atoms with E-state index < -0.39 is 11.8 Å². The average Bonchev–Trinajstić information content (AvgIpc) is 2.74. The summed E-state index contributed by atoms with van der Waals surface area (Å²) in [4.78, 5) is 26.3. The number of morpholine rings is 1. The number of carbonyl (C=O) groups is 1. The number of hydrogen-bond donors (Lipinski definition) is 3. The lowest BCUT2D eigenvalue weighted by atomic mass is 10.1. The molecule has 1 aromatic carbocycles. The van der Waals surface area contributed by atoms with Crippen LogP contribution in [0.1, 0.15) is 10.4 Å². The zero-order valence-corrected chi connectivity index (χ0v) is 15.9. The Bertz CT molecular complexity index is 1070. The second-order valence-electron chi connectivity index (χ2n) is 6.70. The van der Waals surface area contributed by atoms with Gasteiger partial charge in [0.2, 0.25) is 5.95 Å². The monoisotopic (exact) mass is 410 g/mol. The Labute approximate surface area is 171 Å². The maximum absolute atomic E-state index is 13.7. The predicted molar refractivity (Wildman–Crippen MR) is 109 cm³/mol. The smallest absolute Gasteiger partial charge is 0.337 e. The molecule has 1 saturated heterocycles. The van der Waals surface area contributed by atoms with Crippen LogP contribution in [0.4, 0.5) is 27.5 Å². The molecule has 9 nitrogen and oxygen atoms in total. The maximum atomic E-state index is 13.7. The van der Waals surface area contributed by atoms with Gasteiger partial charge in [0, 0.05) is 54.2 Å². The van der Waals surface area contributed by atoms with Crippen molar-refractivity contribution in [2.45, 2.75) is 0 Å².